The molecule has 3 rings (SSSR count). The Labute approximate surface area is 194 Å². The Morgan fingerprint density at radius 1 is 1.06 bits per heavy atom. The summed E-state index contributed by atoms with van der Waals surface area (Å²) < 4.78 is 5.73. The maximum Gasteiger partial charge on any atom is 0.257 e. The first-order valence-electron chi connectivity index (χ1n) is 10.8. The number of hydrogen-bond donors (Lipinski definition) is 2. The van der Waals surface area contributed by atoms with Crippen LogP contribution >= 0.6 is 12.2 Å². The highest BCUT2D eigenvalue weighted by Crippen LogP contribution is 2.16. The van der Waals surface area contributed by atoms with Gasteiger partial charge < -0.3 is 19.9 Å². The van der Waals surface area contributed by atoms with Gasteiger partial charge in [0.1, 0.15) is 5.75 Å². The van der Waals surface area contributed by atoms with E-state index in [2.05, 4.69) is 29.5 Å². The van der Waals surface area contributed by atoms with Crippen LogP contribution in [0.1, 0.15) is 41.0 Å². The van der Waals surface area contributed by atoms with Crippen LogP contribution in [0.2, 0.25) is 0 Å². The molecule has 2 amide bonds. The van der Waals surface area contributed by atoms with Gasteiger partial charge in [-0.15, -0.1) is 0 Å². The van der Waals surface area contributed by atoms with E-state index < -0.39 is 0 Å². The third kappa shape index (κ3) is 6.51. The Morgan fingerprint density at radius 3 is 2.41 bits per heavy atom. The van der Waals surface area contributed by atoms with Crippen LogP contribution in [0.25, 0.3) is 0 Å². The predicted octanol–water partition coefficient (Wildman–Crippen LogP) is 3.38. The number of benzene rings is 2. The van der Waals surface area contributed by atoms with Gasteiger partial charge >= 0.3 is 0 Å². The molecule has 0 spiro atoms. The maximum atomic E-state index is 12.8. The summed E-state index contributed by atoms with van der Waals surface area (Å²) in [5.74, 6) is 0.400. The fraction of sp³-hybridized carbons (Fsp3) is 0.375. The van der Waals surface area contributed by atoms with Gasteiger partial charge in [0.25, 0.3) is 11.8 Å². The molecule has 0 aromatic heterocycles. The highest BCUT2D eigenvalue weighted by molar-refractivity contribution is 7.80. The smallest absolute Gasteiger partial charge is 0.257 e. The molecule has 1 saturated heterocycles. The molecule has 0 radical (unpaired) electrons. The van der Waals surface area contributed by atoms with Gasteiger partial charge in [0, 0.05) is 43.0 Å². The van der Waals surface area contributed by atoms with Crippen LogP contribution in [0.4, 0.5) is 5.69 Å². The average molecular weight is 455 g/mol. The van der Waals surface area contributed by atoms with E-state index in [0.717, 1.165) is 25.3 Å². The van der Waals surface area contributed by atoms with Crippen LogP contribution in [-0.4, -0.2) is 66.1 Å². The summed E-state index contributed by atoms with van der Waals surface area (Å²) in [5.41, 5.74) is 1.71. The number of likely N-dealkylation sites (N-methyl/N-ethyl adjacent to an activating group) is 1. The van der Waals surface area contributed by atoms with Gasteiger partial charge in [-0.1, -0.05) is 13.0 Å². The topological polar surface area (TPSA) is 73.9 Å². The van der Waals surface area contributed by atoms with Gasteiger partial charge in [0.15, 0.2) is 5.11 Å². The van der Waals surface area contributed by atoms with E-state index in [0.29, 0.717) is 29.9 Å². The summed E-state index contributed by atoms with van der Waals surface area (Å²) in [6.45, 7) is 7.21. The zero-order chi connectivity index (χ0) is 23.1. The molecule has 1 aliphatic rings. The molecule has 2 aromatic rings. The molecule has 0 saturated carbocycles. The molecule has 1 fully saturated rings. The van der Waals surface area contributed by atoms with Crippen LogP contribution in [0.15, 0.2) is 48.5 Å². The summed E-state index contributed by atoms with van der Waals surface area (Å²) in [7, 11) is 2.05. The number of nitrogens with one attached hydrogen (secondary N) is 2. The van der Waals surface area contributed by atoms with Crippen molar-refractivity contribution in [3.8, 4) is 5.75 Å². The third-order valence-corrected chi connectivity index (χ3v) is 5.62. The molecule has 1 atom stereocenters. The van der Waals surface area contributed by atoms with Crippen molar-refractivity contribution in [2.24, 2.45) is 0 Å². The Bertz CT molecular complexity index is 956. The largest absolute Gasteiger partial charge is 0.491 e. The average Bonchev–Trinajstić information content (AvgIpc) is 2.79. The van der Waals surface area contributed by atoms with Crippen molar-refractivity contribution in [2.75, 3.05) is 38.5 Å². The molecule has 2 aromatic carbocycles. The monoisotopic (exact) mass is 454 g/mol. The lowest BCUT2D eigenvalue weighted by Crippen LogP contribution is -2.47. The predicted molar refractivity (Wildman–Crippen MR) is 130 cm³/mol. The van der Waals surface area contributed by atoms with Crippen LogP contribution in [-0.2, 0) is 0 Å². The first kappa shape index (κ1) is 23.7. The number of carbonyl (C=O) groups excluding carboxylic acids is 2. The number of anilines is 1. The summed E-state index contributed by atoms with van der Waals surface area (Å²) in [6, 6.07) is 14.1. The van der Waals surface area contributed by atoms with Crippen LogP contribution in [0, 0.1) is 0 Å². The van der Waals surface area contributed by atoms with Crippen molar-refractivity contribution in [2.45, 2.75) is 26.4 Å². The Morgan fingerprint density at radius 2 is 1.75 bits per heavy atom. The van der Waals surface area contributed by atoms with Gasteiger partial charge in [-0.25, -0.2) is 0 Å². The first-order chi connectivity index (χ1) is 15.4. The molecule has 1 unspecified atom stereocenters. The lowest BCUT2D eigenvalue weighted by Gasteiger charge is -2.32. The SMILES string of the molecule is CCC(C)Oc1ccc(C(=O)NC(=S)Nc2cccc(C(=O)N3CCN(C)CC3)c2)cc1. The lowest BCUT2D eigenvalue weighted by atomic mass is 10.1. The van der Waals surface area contributed by atoms with Gasteiger partial charge in [0.05, 0.1) is 6.10 Å². The van der Waals surface area contributed by atoms with E-state index in [1.165, 1.54) is 0 Å². The fourth-order valence-corrected chi connectivity index (χ4v) is 3.47. The van der Waals surface area contributed by atoms with E-state index in [1.54, 1.807) is 48.5 Å². The van der Waals surface area contributed by atoms with Crippen molar-refractivity contribution in [1.82, 2.24) is 15.1 Å². The van der Waals surface area contributed by atoms with Crippen LogP contribution in [0.5, 0.6) is 5.75 Å². The zero-order valence-electron chi connectivity index (χ0n) is 18.8. The van der Waals surface area contributed by atoms with E-state index in [4.69, 9.17) is 17.0 Å². The molecule has 8 heteroatoms. The third-order valence-electron chi connectivity index (χ3n) is 5.41. The van der Waals surface area contributed by atoms with E-state index in [9.17, 15) is 9.59 Å². The van der Waals surface area contributed by atoms with Gasteiger partial charge in [-0.3, -0.25) is 14.9 Å². The summed E-state index contributed by atoms with van der Waals surface area (Å²) >= 11 is 5.29. The second-order valence-electron chi connectivity index (χ2n) is 7.95. The second kappa shape index (κ2) is 11.1. The second-order valence-corrected chi connectivity index (χ2v) is 8.35. The van der Waals surface area contributed by atoms with Gasteiger partial charge in [0.2, 0.25) is 0 Å². The molecule has 2 N–H and O–H groups in total. The molecule has 32 heavy (non-hydrogen) atoms. The first-order valence-corrected chi connectivity index (χ1v) is 11.2. The number of nitrogens with zero attached hydrogens (tertiary/aromatic N) is 2. The summed E-state index contributed by atoms with van der Waals surface area (Å²) in [4.78, 5) is 29.3. The number of piperazine rings is 1. The highest BCUT2D eigenvalue weighted by atomic mass is 32.1. The van der Waals surface area contributed by atoms with E-state index in [1.807, 2.05) is 11.8 Å². The summed E-state index contributed by atoms with van der Waals surface area (Å²) in [5, 5.41) is 5.83. The number of ether oxygens (including phenoxy) is 1. The molecule has 1 heterocycles. The highest BCUT2D eigenvalue weighted by Gasteiger charge is 2.20. The number of thiocarbonyl (C=S) groups is 1. The number of rotatable bonds is 6. The van der Waals surface area contributed by atoms with Gasteiger partial charge in [-0.05, 0) is 75.1 Å². The number of hydrogen-bond acceptors (Lipinski definition) is 5. The Hall–Kier alpha value is -2.97. The molecular weight excluding hydrogens is 424 g/mol. The summed E-state index contributed by atoms with van der Waals surface area (Å²) in [6.07, 6.45) is 1.02. The number of carbonyl (C=O) groups is 2. The quantitative estimate of drug-likeness (QED) is 0.652. The molecule has 170 valence electrons. The minimum absolute atomic E-state index is 0.00333. The van der Waals surface area contributed by atoms with Crippen molar-refractivity contribution in [3.63, 3.8) is 0 Å². The van der Waals surface area contributed by atoms with E-state index in [-0.39, 0.29) is 23.0 Å². The van der Waals surface area contributed by atoms with E-state index >= 15 is 0 Å². The minimum Gasteiger partial charge on any atom is -0.491 e. The standard InChI is InChI=1S/C24H30N4O3S/c1-4-17(2)31-21-10-8-18(9-11-21)22(29)26-24(32)25-20-7-5-6-19(16-20)23(30)28-14-12-27(3)13-15-28/h5-11,16-17H,4,12-15H2,1-3H3,(H2,25,26,29,32). The fourth-order valence-electron chi connectivity index (χ4n) is 3.26. The molecular formula is C24H30N4O3S. The lowest BCUT2D eigenvalue weighted by molar-refractivity contribution is 0.0664. The Kier molecular flexibility index (Phi) is 8.19. The van der Waals surface area contributed by atoms with Crippen LogP contribution in [0.3, 0.4) is 0 Å². The maximum absolute atomic E-state index is 12.8. The molecule has 0 bridgehead atoms. The van der Waals surface area contributed by atoms with Crippen molar-refractivity contribution < 1.29 is 14.3 Å². The van der Waals surface area contributed by atoms with Gasteiger partial charge in [-0.2, -0.15) is 0 Å². The minimum atomic E-state index is -0.317. The van der Waals surface area contributed by atoms with Crippen molar-refractivity contribution in [3.05, 3.63) is 59.7 Å². The van der Waals surface area contributed by atoms with Crippen LogP contribution < -0.4 is 15.4 Å². The zero-order valence-corrected chi connectivity index (χ0v) is 19.6. The molecule has 7 nitrogen and oxygen atoms in total. The van der Waals surface area contributed by atoms with Crippen molar-refractivity contribution >= 4 is 34.8 Å². The molecule has 0 aliphatic carbocycles. The van der Waals surface area contributed by atoms with Crippen molar-refractivity contribution in [1.29, 1.82) is 0 Å². The number of amides is 2. The Balaban J connectivity index is 1.56. The molecule has 1 aliphatic heterocycles. The normalized spacial score (nSPS) is 15.0.